The predicted molar refractivity (Wildman–Crippen MR) is 114 cm³/mol. The lowest BCUT2D eigenvalue weighted by molar-refractivity contribution is -0.116. The fourth-order valence-electron chi connectivity index (χ4n) is 2.84. The number of hydrogen-bond donors (Lipinski definition) is 1. The highest BCUT2D eigenvalue weighted by molar-refractivity contribution is 6.02. The second kappa shape index (κ2) is 8.88. The third kappa shape index (κ3) is 4.28. The molecule has 7 heteroatoms. The Labute approximate surface area is 173 Å². The molecule has 0 saturated heterocycles. The zero-order valence-corrected chi connectivity index (χ0v) is 16.7. The monoisotopic (exact) mass is 400 g/mol. The van der Waals surface area contributed by atoms with Gasteiger partial charge in [0.25, 0.3) is 11.5 Å². The molecule has 3 rings (SSSR count). The zero-order valence-electron chi connectivity index (χ0n) is 16.7. The van der Waals surface area contributed by atoms with E-state index in [9.17, 15) is 14.9 Å². The van der Waals surface area contributed by atoms with Crippen LogP contribution in [-0.2, 0) is 4.79 Å². The summed E-state index contributed by atoms with van der Waals surface area (Å²) in [5.41, 5.74) is 1.50. The number of fused-ring (bicyclic) bond motifs is 1. The second-order valence-electron chi connectivity index (χ2n) is 6.61. The molecule has 2 aromatic heterocycles. The Balaban J connectivity index is 2.22. The summed E-state index contributed by atoms with van der Waals surface area (Å²) in [4.78, 5) is 30.0. The molecule has 0 saturated carbocycles. The van der Waals surface area contributed by atoms with Crippen LogP contribution in [0.2, 0.25) is 0 Å². The third-order valence-corrected chi connectivity index (χ3v) is 4.31. The number of nitrogens with zero attached hydrogens (tertiary/aromatic N) is 3. The molecule has 1 N–H and O–H groups in total. The summed E-state index contributed by atoms with van der Waals surface area (Å²) in [5.74, 6) is -0.110. The van der Waals surface area contributed by atoms with E-state index in [-0.39, 0.29) is 23.6 Å². The molecule has 1 aromatic carbocycles. The van der Waals surface area contributed by atoms with Gasteiger partial charge in [0, 0.05) is 12.7 Å². The normalized spacial score (nSPS) is 11.0. The maximum atomic E-state index is 13.2. The van der Waals surface area contributed by atoms with Gasteiger partial charge in [0.2, 0.25) is 5.88 Å². The van der Waals surface area contributed by atoms with Crippen LogP contribution in [0.5, 0.6) is 11.6 Å². The van der Waals surface area contributed by atoms with Gasteiger partial charge in [-0.25, -0.2) is 0 Å². The quantitative estimate of drug-likeness (QED) is 0.389. The summed E-state index contributed by atoms with van der Waals surface area (Å²) in [5, 5.41) is 12.0. The number of pyridine rings is 1. The summed E-state index contributed by atoms with van der Waals surface area (Å²) in [6, 6.07) is 12.7. The minimum Gasteiger partial charge on any atom is -0.438 e. The number of hydrogen-bond acceptors (Lipinski definition) is 5. The number of rotatable bonds is 6. The van der Waals surface area contributed by atoms with Crippen molar-refractivity contribution in [3.05, 3.63) is 87.9 Å². The standard InChI is InChI=1S/C23H20N4O3/c1-4-10-25-21(28)17(14-24)13-19-22(30-18-9-5-7-15(2)12-18)26-20-16(3)8-6-11-27(20)23(19)29/h4-9,11-13H,1,10H2,2-3H3,(H,25,28)/b17-13+. The average Bonchev–Trinajstić information content (AvgIpc) is 2.73. The van der Waals surface area contributed by atoms with Crippen molar-refractivity contribution in [2.45, 2.75) is 13.8 Å². The largest absolute Gasteiger partial charge is 0.438 e. The van der Waals surface area contributed by atoms with Crippen molar-refractivity contribution in [2.75, 3.05) is 6.54 Å². The van der Waals surface area contributed by atoms with Crippen LogP contribution in [0, 0.1) is 25.2 Å². The molecule has 150 valence electrons. The average molecular weight is 400 g/mol. The van der Waals surface area contributed by atoms with E-state index in [1.165, 1.54) is 16.6 Å². The summed E-state index contributed by atoms with van der Waals surface area (Å²) >= 11 is 0. The first-order valence-corrected chi connectivity index (χ1v) is 9.22. The lowest BCUT2D eigenvalue weighted by Gasteiger charge is -2.12. The van der Waals surface area contributed by atoms with Crippen LogP contribution in [0.3, 0.4) is 0 Å². The van der Waals surface area contributed by atoms with Crippen LogP contribution in [0.25, 0.3) is 11.7 Å². The third-order valence-electron chi connectivity index (χ3n) is 4.31. The van der Waals surface area contributed by atoms with Crippen LogP contribution in [0.1, 0.15) is 16.7 Å². The molecule has 30 heavy (non-hydrogen) atoms. The van der Waals surface area contributed by atoms with Gasteiger partial charge in [0.05, 0.1) is 0 Å². The van der Waals surface area contributed by atoms with Crippen molar-refractivity contribution in [3.63, 3.8) is 0 Å². The van der Waals surface area contributed by atoms with Gasteiger partial charge in [-0.2, -0.15) is 10.2 Å². The van der Waals surface area contributed by atoms with E-state index >= 15 is 0 Å². The Kier molecular flexibility index (Phi) is 6.08. The van der Waals surface area contributed by atoms with Crippen molar-refractivity contribution in [1.29, 1.82) is 5.26 Å². The van der Waals surface area contributed by atoms with Crippen LogP contribution in [0.4, 0.5) is 0 Å². The van der Waals surface area contributed by atoms with Gasteiger partial charge in [-0.05, 0) is 49.2 Å². The molecular formula is C23H20N4O3. The second-order valence-corrected chi connectivity index (χ2v) is 6.61. The molecular weight excluding hydrogens is 380 g/mol. The molecule has 0 spiro atoms. The molecule has 7 nitrogen and oxygen atoms in total. The highest BCUT2D eigenvalue weighted by Gasteiger charge is 2.17. The molecule has 1 amide bonds. The minimum absolute atomic E-state index is 0.00455. The number of nitrogens with one attached hydrogen (secondary N) is 1. The molecule has 0 atom stereocenters. The van der Waals surface area contributed by atoms with Gasteiger partial charge in [-0.15, -0.1) is 6.58 Å². The minimum atomic E-state index is -0.618. The van der Waals surface area contributed by atoms with Gasteiger partial charge in [-0.3, -0.25) is 14.0 Å². The van der Waals surface area contributed by atoms with Crippen LogP contribution in [-0.4, -0.2) is 21.8 Å². The predicted octanol–water partition coefficient (Wildman–Crippen LogP) is 3.31. The van der Waals surface area contributed by atoms with E-state index in [0.29, 0.717) is 11.4 Å². The summed E-state index contributed by atoms with van der Waals surface area (Å²) in [7, 11) is 0. The Bertz CT molecular complexity index is 1270. The molecule has 0 aliphatic heterocycles. The number of benzene rings is 1. The van der Waals surface area contributed by atoms with Crippen molar-refractivity contribution in [1.82, 2.24) is 14.7 Å². The Morgan fingerprint density at radius 1 is 1.33 bits per heavy atom. The van der Waals surface area contributed by atoms with Crippen molar-refractivity contribution in [2.24, 2.45) is 0 Å². The fourth-order valence-corrected chi connectivity index (χ4v) is 2.84. The maximum absolute atomic E-state index is 13.2. The van der Waals surface area contributed by atoms with Crippen LogP contribution < -0.4 is 15.6 Å². The number of aromatic nitrogens is 2. The van der Waals surface area contributed by atoms with Gasteiger partial charge < -0.3 is 10.1 Å². The highest BCUT2D eigenvalue weighted by Crippen LogP contribution is 2.25. The summed E-state index contributed by atoms with van der Waals surface area (Å²) in [6.45, 7) is 7.46. The van der Waals surface area contributed by atoms with Crippen LogP contribution in [0.15, 0.2) is 65.6 Å². The lowest BCUT2D eigenvalue weighted by Crippen LogP contribution is -2.25. The highest BCUT2D eigenvalue weighted by atomic mass is 16.5. The first-order chi connectivity index (χ1) is 14.4. The molecule has 3 aromatic rings. The van der Waals surface area contributed by atoms with E-state index in [0.717, 1.165) is 11.1 Å². The van der Waals surface area contributed by atoms with Crippen molar-refractivity contribution in [3.8, 4) is 17.7 Å². The SMILES string of the molecule is C=CCNC(=O)/C(C#N)=C/c1c(Oc2cccc(C)c2)nc2c(C)cccn2c1=O. The van der Waals surface area contributed by atoms with Crippen LogP contribution >= 0.6 is 0 Å². The number of carbonyl (C=O) groups excluding carboxylic acids is 1. The van der Waals surface area contributed by atoms with Crippen molar-refractivity contribution < 1.29 is 9.53 Å². The molecule has 0 unspecified atom stereocenters. The molecule has 0 aliphatic rings. The Hall–Kier alpha value is -4.18. The Morgan fingerprint density at radius 3 is 2.83 bits per heavy atom. The maximum Gasteiger partial charge on any atom is 0.269 e. The van der Waals surface area contributed by atoms with Gasteiger partial charge in [-0.1, -0.05) is 24.3 Å². The summed E-state index contributed by atoms with van der Waals surface area (Å²) < 4.78 is 7.28. The first-order valence-electron chi connectivity index (χ1n) is 9.22. The topological polar surface area (TPSA) is 96.5 Å². The van der Waals surface area contributed by atoms with Gasteiger partial charge >= 0.3 is 0 Å². The van der Waals surface area contributed by atoms with E-state index in [1.54, 1.807) is 24.4 Å². The number of ether oxygens (including phenoxy) is 1. The lowest BCUT2D eigenvalue weighted by atomic mass is 10.1. The molecule has 2 heterocycles. The Morgan fingerprint density at radius 2 is 2.13 bits per heavy atom. The van der Waals surface area contributed by atoms with E-state index in [1.807, 2.05) is 38.1 Å². The number of nitriles is 1. The van der Waals surface area contributed by atoms with E-state index < -0.39 is 11.5 Å². The fraction of sp³-hybridized carbons (Fsp3) is 0.130. The molecule has 0 fully saturated rings. The number of carbonyl (C=O) groups is 1. The number of aryl methyl sites for hydroxylation is 2. The summed E-state index contributed by atoms with van der Waals surface area (Å²) in [6.07, 6.45) is 4.28. The van der Waals surface area contributed by atoms with Gasteiger partial charge in [0.1, 0.15) is 28.6 Å². The zero-order chi connectivity index (χ0) is 21.7. The smallest absolute Gasteiger partial charge is 0.269 e. The van der Waals surface area contributed by atoms with E-state index in [4.69, 9.17) is 4.74 Å². The molecule has 0 radical (unpaired) electrons. The molecule has 0 bridgehead atoms. The first kappa shape index (κ1) is 20.6. The van der Waals surface area contributed by atoms with E-state index in [2.05, 4.69) is 16.9 Å². The number of amides is 1. The molecule has 0 aliphatic carbocycles. The van der Waals surface area contributed by atoms with Gasteiger partial charge in [0.15, 0.2) is 0 Å². The van der Waals surface area contributed by atoms with Crippen molar-refractivity contribution >= 4 is 17.6 Å².